The molecule has 2 aromatic rings. The first-order valence-electron chi connectivity index (χ1n) is 8.22. The van der Waals surface area contributed by atoms with Crippen molar-refractivity contribution in [1.82, 2.24) is 5.32 Å². The number of hydrogen-bond acceptors (Lipinski definition) is 2. The first-order valence-corrected chi connectivity index (χ1v) is 8.60. The number of benzene rings is 2. The van der Waals surface area contributed by atoms with Crippen molar-refractivity contribution in [2.45, 2.75) is 18.4 Å². The molecule has 4 heteroatoms. The maximum absolute atomic E-state index is 12.3. The van der Waals surface area contributed by atoms with E-state index in [0.717, 1.165) is 17.1 Å². The van der Waals surface area contributed by atoms with Crippen LogP contribution in [0.1, 0.15) is 39.9 Å². The van der Waals surface area contributed by atoms with Crippen molar-refractivity contribution in [1.29, 1.82) is 0 Å². The molecule has 3 atom stereocenters. The van der Waals surface area contributed by atoms with Crippen LogP contribution in [0.3, 0.4) is 0 Å². The quantitative estimate of drug-likeness (QED) is 0.790. The lowest BCUT2D eigenvalue weighted by Crippen LogP contribution is -2.31. The van der Waals surface area contributed by atoms with Crippen molar-refractivity contribution in [3.05, 3.63) is 76.3 Å². The zero-order chi connectivity index (χ0) is 16.7. The lowest BCUT2D eigenvalue weighted by atomic mass is 9.76. The van der Waals surface area contributed by atoms with E-state index < -0.39 is 0 Å². The minimum atomic E-state index is -0.0605. The minimum Gasteiger partial charge on any atom is -0.377 e. The van der Waals surface area contributed by atoms with Gasteiger partial charge < -0.3 is 10.6 Å². The average Bonchev–Trinajstić information content (AvgIpc) is 3.10. The van der Waals surface area contributed by atoms with E-state index in [1.54, 1.807) is 7.05 Å². The van der Waals surface area contributed by atoms with Gasteiger partial charge in [0, 0.05) is 18.0 Å². The van der Waals surface area contributed by atoms with Crippen molar-refractivity contribution < 1.29 is 4.79 Å². The molecule has 2 aromatic carbocycles. The standard InChI is InChI=1S/C20H19ClN2O/c1-22-20(24)17-7-3-6-16-14-4-2-5-15(14)18(23-19(16)17)12-8-10-13(21)11-9-12/h2-4,6-11,14-15,18,23H,5H2,1H3,(H,22,24). The highest BCUT2D eigenvalue weighted by Gasteiger charge is 2.39. The van der Waals surface area contributed by atoms with E-state index in [-0.39, 0.29) is 11.9 Å². The van der Waals surface area contributed by atoms with Crippen molar-refractivity contribution in [3.63, 3.8) is 0 Å². The molecule has 0 saturated carbocycles. The Hall–Kier alpha value is -2.26. The monoisotopic (exact) mass is 338 g/mol. The Morgan fingerprint density at radius 1 is 1.21 bits per heavy atom. The highest BCUT2D eigenvalue weighted by molar-refractivity contribution is 6.30. The van der Waals surface area contributed by atoms with Gasteiger partial charge in [0.2, 0.25) is 0 Å². The molecule has 0 radical (unpaired) electrons. The Morgan fingerprint density at radius 2 is 2.00 bits per heavy atom. The highest BCUT2D eigenvalue weighted by Crippen LogP contribution is 2.50. The van der Waals surface area contributed by atoms with E-state index in [9.17, 15) is 4.79 Å². The SMILES string of the molecule is CNC(=O)c1cccc2c1NC(c1ccc(Cl)cc1)C1CC=CC21. The summed E-state index contributed by atoms with van der Waals surface area (Å²) >= 11 is 6.04. The largest absolute Gasteiger partial charge is 0.377 e. The summed E-state index contributed by atoms with van der Waals surface area (Å²) < 4.78 is 0. The fourth-order valence-corrected chi connectivity index (χ4v) is 4.07. The van der Waals surface area contributed by atoms with E-state index in [4.69, 9.17) is 11.6 Å². The molecule has 0 fully saturated rings. The maximum Gasteiger partial charge on any atom is 0.253 e. The summed E-state index contributed by atoms with van der Waals surface area (Å²) in [6, 6.07) is 14.1. The molecule has 2 N–H and O–H groups in total. The second-order valence-corrected chi connectivity index (χ2v) is 6.81. The van der Waals surface area contributed by atoms with Crippen LogP contribution in [0.5, 0.6) is 0 Å². The van der Waals surface area contributed by atoms with Gasteiger partial charge in [-0.25, -0.2) is 0 Å². The molecule has 2 aliphatic rings. The van der Waals surface area contributed by atoms with Gasteiger partial charge in [0.25, 0.3) is 5.91 Å². The molecule has 1 amide bonds. The second-order valence-electron chi connectivity index (χ2n) is 6.38. The average molecular weight is 339 g/mol. The van der Waals surface area contributed by atoms with Crippen LogP contribution in [-0.4, -0.2) is 13.0 Å². The van der Waals surface area contributed by atoms with Gasteiger partial charge in [-0.1, -0.05) is 48.0 Å². The number of halogens is 1. The van der Waals surface area contributed by atoms with Crippen LogP contribution < -0.4 is 10.6 Å². The summed E-state index contributed by atoms with van der Waals surface area (Å²) in [4.78, 5) is 12.3. The summed E-state index contributed by atoms with van der Waals surface area (Å²) in [6.45, 7) is 0. The Balaban J connectivity index is 1.82. The number of carbonyl (C=O) groups excluding carboxylic acids is 1. The van der Waals surface area contributed by atoms with Gasteiger partial charge in [0.15, 0.2) is 0 Å². The van der Waals surface area contributed by atoms with Crippen molar-refractivity contribution in [3.8, 4) is 0 Å². The fraction of sp³-hybridized carbons (Fsp3) is 0.250. The maximum atomic E-state index is 12.3. The van der Waals surface area contributed by atoms with E-state index in [2.05, 4.69) is 41.0 Å². The Kier molecular flexibility index (Phi) is 3.81. The van der Waals surface area contributed by atoms with Crippen LogP contribution in [0.25, 0.3) is 0 Å². The van der Waals surface area contributed by atoms with Crippen molar-refractivity contribution in [2.24, 2.45) is 5.92 Å². The van der Waals surface area contributed by atoms with Gasteiger partial charge >= 0.3 is 0 Å². The number of hydrogen-bond donors (Lipinski definition) is 2. The minimum absolute atomic E-state index is 0.0605. The molecule has 0 bridgehead atoms. The van der Waals surface area contributed by atoms with Crippen LogP contribution in [-0.2, 0) is 0 Å². The Morgan fingerprint density at radius 3 is 2.75 bits per heavy atom. The number of nitrogens with one attached hydrogen (secondary N) is 2. The summed E-state index contributed by atoms with van der Waals surface area (Å²) in [7, 11) is 1.67. The molecule has 1 aliphatic carbocycles. The van der Waals surface area contributed by atoms with Gasteiger partial charge in [-0.2, -0.15) is 0 Å². The van der Waals surface area contributed by atoms with Gasteiger partial charge in [0.1, 0.15) is 0 Å². The predicted octanol–water partition coefficient (Wildman–Crippen LogP) is 4.53. The highest BCUT2D eigenvalue weighted by atomic mass is 35.5. The van der Waals surface area contributed by atoms with Crippen molar-refractivity contribution >= 4 is 23.2 Å². The summed E-state index contributed by atoms with van der Waals surface area (Å²) in [5.74, 6) is 0.736. The molecular formula is C20H19ClN2O. The number of rotatable bonds is 2. The summed E-state index contributed by atoms with van der Waals surface area (Å²) in [5, 5.41) is 7.12. The van der Waals surface area contributed by atoms with Gasteiger partial charge in [0.05, 0.1) is 17.3 Å². The van der Waals surface area contributed by atoms with Gasteiger partial charge in [-0.05, 0) is 41.7 Å². The van der Waals surface area contributed by atoms with Crippen LogP contribution in [0, 0.1) is 5.92 Å². The van der Waals surface area contributed by atoms with Crippen LogP contribution >= 0.6 is 11.6 Å². The van der Waals surface area contributed by atoms with E-state index in [1.165, 1.54) is 11.1 Å². The Labute approximate surface area is 146 Å². The molecule has 1 heterocycles. The molecular weight excluding hydrogens is 320 g/mol. The zero-order valence-electron chi connectivity index (χ0n) is 13.4. The first kappa shape index (κ1) is 15.3. The lowest BCUT2D eigenvalue weighted by molar-refractivity contribution is 0.0963. The predicted molar refractivity (Wildman–Crippen MR) is 97.6 cm³/mol. The summed E-state index contributed by atoms with van der Waals surface area (Å²) in [5.41, 5.74) is 4.06. The second kappa shape index (κ2) is 5.99. The molecule has 3 unspecified atom stereocenters. The van der Waals surface area contributed by atoms with Crippen LogP contribution in [0.4, 0.5) is 5.69 Å². The normalized spacial score (nSPS) is 24.0. The van der Waals surface area contributed by atoms with Crippen molar-refractivity contribution in [2.75, 3.05) is 12.4 Å². The van der Waals surface area contributed by atoms with Crippen LogP contribution in [0.15, 0.2) is 54.6 Å². The Bertz CT molecular complexity index is 813. The third-order valence-electron chi connectivity index (χ3n) is 5.10. The number of amides is 1. The smallest absolute Gasteiger partial charge is 0.253 e. The summed E-state index contributed by atoms with van der Waals surface area (Å²) in [6.07, 6.45) is 5.57. The molecule has 24 heavy (non-hydrogen) atoms. The third-order valence-corrected chi connectivity index (χ3v) is 5.35. The zero-order valence-corrected chi connectivity index (χ0v) is 14.2. The topological polar surface area (TPSA) is 41.1 Å². The number of allylic oxidation sites excluding steroid dienone is 2. The van der Waals surface area contributed by atoms with E-state index in [1.807, 2.05) is 24.3 Å². The molecule has 1 aliphatic heterocycles. The number of anilines is 1. The number of para-hydroxylation sites is 1. The lowest BCUT2D eigenvalue weighted by Gasteiger charge is -2.38. The van der Waals surface area contributed by atoms with E-state index >= 15 is 0 Å². The number of carbonyl (C=O) groups is 1. The molecule has 4 rings (SSSR count). The molecule has 0 saturated heterocycles. The fourth-order valence-electron chi connectivity index (χ4n) is 3.95. The molecule has 0 spiro atoms. The molecule has 122 valence electrons. The molecule has 3 nitrogen and oxygen atoms in total. The third kappa shape index (κ3) is 2.40. The number of fused-ring (bicyclic) bond motifs is 3. The van der Waals surface area contributed by atoms with E-state index in [0.29, 0.717) is 17.4 Å². The molecule has 0 aromatic heterocycles. The van der Waals surface area contributed by atoms with Crippen LogP contribution in [0.2, 0.25) is 5.02 Å². The van der Waals surface area contributed by atoms with Gasteiger partial charge in [-0.15, -0.1) is 0 Å². The first-order chi connectivity index (χ1) is 11.7. The van der Waals surface area contributed by atoms with Gasteiger partial charge in [-0.3, -0.25) is 4.79 Å².